The summed E-state index contributed by atoms with van der Waals surface area (Å²) in [6.45, 7) is 10.4. The molecule has 0 unspecified atom stereocenters. The van der Waals surface area contributed by atoms with Gasteiger partial charge in [0.15, 0.2) is 0 Å². The van der Waals surface area contributed by atoms with Gasteiger partial charge in [-0.1, -0.05) is 26.3 Å². The van der Waals surface area contributed by atoms with Crippen LogP contribution in [0, 0.1) is 22.7 Å². The molecule has 0 bridgehead atoms. The Morgan fingerprint density at radius 3 is 2.38 bits per heavy atom. The third-order valence-electron chi connectivity index (χ3n) is 7.19. The van der Waals surface area contributed by atoms with Gasteiger partial charge in [0.05, 0.1) is 11.7 Å². The number of rotatable bonds is 4. The van der Waals surface area contributed by atoms with Gasteiger partial charge in [0.25, 0.3) is 0 Å². The van der Waals surface area contributed by atoms with Crippen LogP contribution >= 0.6 is 0 Å². The summed E-state index contributed by atoms with van der Waals surface area (Å²) in [4.78, 5) is 10.8. The third kappa shape index (κ3) is 3.41. The molecule has 3 N–H and O–H groups in total. The Morgan fingerprint density at radius 1 is 1.17 bits per heavy atom. The number of carboxylic acid groups (broad SMARTS) is 1. The maximum Gasteiger partial charge on any atom is 0.328 e. The molecule has 2 rings (SSSR count). The van der Waals surface area contributed by atoms with E-state index in [4.69, 9.17) is 5.11 Å². The van der Waals surface area contributed by atoms with E-state index >= 15 is 0 Å². The summed E-state index contributed by atoms with van der Waals surface area (Å²) in [5.41, 5.74) is -0.0476. The van der Waals surface area contributed by atoms with Crippen molar-refractivity contribution < 1.29 is 20.1 Å². The van der Waals surface area contributed by atoms with E-state index in [2.05, 4.69) is 20.8 Å². The number of hydrogen-bond acceptors (Lipinski definition) is 3. The first-order valence-corrected chi connectivity index (χ1v) is 9.22. The lowest BCUT2D eigenvalue weighted by atomic mass is 9.44. The zero-order valence-electron chi connectivity index (χ0n) is 15.8. The van der Waals surface area contributed by atoms with E-state index in [1.165, 1.54) is 6.08 Å². The van der Waals surface area contributed by atoms with E-state index in [1.807, 2.05) is 13.8 Å². The Bertz CT molecular complexity index is 520. The monoisotopic (exact) mass is 338 g/mol. The molecule has 0 aromatic rings. The molecule has 0 heterocycles. The van der Waals surface area contributed by atoms with E-state index in [0.717, 1.165) is 37.7 Å². The molecule has 2 aliphatic carbocycles. The quantitative estimate of drug-likeness (QED) is 0.682. The Labute approximate surface area is 146 Å². The molecule has 138 valence electrons. The first-order valence-electron chi connectivity index (χ1n) is 9.22. The normalized spacial score (nSPS) is 42.5. The molecule has 2 fully saturated rings. The van der Waals surface area contributed by atoms with Gasteiger partial charge in [-0.2, -0.15) is 0 Å². The fraction of sp³-hybridized carbons (Fsp3) is 0.850. The Balaban J connectivity index is 2.27. The highest BCUT2D eigenvalue weighted by molar-refractivity contribution is 5.80. The summed E-state index contributed by atoms with van der Waals surface area (Å²) in [6.07, 6.45) is 5.85. The molecule has 4 nitrogen and oxygen atoms in total. The molecule has 0 radical (unpaired) electrons. The van der Waals surface area contributed by atoms with E-state index < -0.39 is 11.6 Å². The fourth-order valence-corrected chi connectivity index (χ4v) is 5.81. The Hall–Kier alpha value is -0.870. The number of aliphatic hydroxyl groups excluding tert-OH is 1. The molecule has 0 amide bonds. The van der Waals surface area contributed by atoms with Crippen LogP contribution in [-0.4, -0.2) is 33.0 Å². The van der Waals surface area contributed by atoms with Crippen LogP contribution in [0.4, 0.5) is 0 Å². The van der Waals surface area contributed by atoms with Gasteiger partial charge in [0.2, 0.25) is 0 Å². The summed E-state index contributed by atoms with van der Waals surface area (Å²) in [5.74, 6) is -0.413. The van der Waals surface area contributed by atoms with Crippen molar-refractivity contribution in [3.8, 4) is 0 Å². The molecule has 4 heteroatoms. The minimum atomic E-state index is -0.908. The molecular formula is C20H34O4. The van der Waals surface area contributed by atoms with Gasteiger partial charge in [-0.25, -0.2) is 4.79 Å². The zero-order valence-corrected chi connectivity index (χ0v) is 15.8. The van der Waals surface area contributed by atoms with Crippen LogP contribution in [0.2, 0.25) is 0 Å². The summed E-state index contributed by atoms with van der Waals surface area (Å²) >= 11 is 0. The minimum Gasteiger partial charge on any atom is -0.478 e. The fourth-order valence-electron chi connectivity index (χ4n) is 5.81. The Kier molecular flexibility index (Phi) is 5.23. The number of hydrogen-bond donors (Lipinski definition) is 3. The van der Waals surface area contributed by atoms with Crippen molar-refractivity contribution in [3.63, 3.8) is 0 Å². The highest BCUT2D eigenvalue weighted by atomic mass is 16.4. The number of aliphatic carboxylic acids is 1. The van der Waals surface area contributed by atoms with Gasteiger partial charge in [0, 0.05) is 6.08 Å². The van der Waals surface area contributed by atoms with Crippen LogP contribution in [0.15, 0.2) is 11.6 Å². The molecule has 2 saturated carbocycles. The average Bonchev–Trinajstić information content (AvgIpc) is 2.41. The summed E-state index contributed by atoms with van der Waals surface area (Å²) < 4.78 is 0. The van der Waals surface area contributed by atoms with Gasteiger partial charge < -0.3 is 15.3 Å². The van der Waals surface area contributed by atoms with Crippen LogP contribution in [0.3, 0.4) is 0 Å². The first kappa shape index (κ1) is 19.5. The largest absolute Gasteiger partial charge is 0.478 e. The summed E-state index contributed by atoms with van der Waals surface area (Å²) in [6, 6.07) is 0. The lowest BCUT2D eigenvalue weighted by Crippen LogP contribution is -2.60. The SMILES string of the molecule is C/C(=C\C(=O)O)CC[C@@H]1[C@]2(C)CC[C@H](O)C(C)(C)[C@@H]2CC[C@]1(C)O. The molecule has 0 saturated heterocycles. The minimum absolute atomic E-state index is 0.0199. The van der Waals surface area contributed by atoms with Crippen molar-refractivity contribution in [3.05, 3.63) is 11.6 Å². The van der Waals surface area contributed by atoms with E-state index in [-0.39, 0.29) is 22.9 Å². The Morgan fingerprint density at radius 2 is 1.79 bits per heavy atom. The second kappa shape index (κ2) is 6.45. The lowest BCUT2D eigenvalue weighted by Gasteiger charge is -2.62. The number of allylic oxidation sites excluding steroid dienone is 1. The van der Waals surface area contributed by atoms with Crippen LogP contribution in [0.5, 0.6) is 0 Å². The van der Waals surface area contributed by atoms with Gasteiger partial charge in [-0.15, -0.1) is 0 Å². The third-order valence-corrected chi connectivity index (χ3v) is 7.19. The molecular weight excluding hydrogens is 304 g/mol. The van der Waals surface area contributed by atoms with E-state index in [9.17, 15) is 15.0 Å². The van der Waals surface area contributed by atoms with E-state index in [1.54, 1.807) is 0 Å². The van der Waals surface area contributed by atoms with Gasteiger partial charge in [-0.05, 0) is 75.0 Å². The molecule has 24 heavy (non-hydrogen) atoms. The average molecular weight is 338 g/mol. The van der Waals surface area contributed by atoms with Crippen LogP contribution < -0.4 is 0 Å². The number of fused-ring (bicyclic) bond motifs is 1. The van der Waals surface area contributed by atoms with Crippen LogP contribution in [-0.2, 0) is 4.79 Å². The number of aliphatic hydroxyl groups is 2. The maximum atomic E-state index is 11.1. The second-order valence-electron chi connectivity index (χ2n) is 9.25. The first-order chi connectivity index (χ1) is 10.9. The van der Waals surface area contributed by atoms with Crippen LogP contribution in [0.1, 0.15) is 73.1 Å². The van der Waals surface area contributed by atoms with Crippen molar-refractivity contribution in [1.29, 1.82) is 0 Å². The molecule has 0 aromatic heterocycles. The van der Waals surface area contributed by atoms with Crippen LogP contribution in [0.25, 0.3) is 0 Å². The second-order valence-corrected chi connectivity index (χ2v) is 9.25. The topological polar surface area (TPSA) is 77.8 Å². The van der Waals surface area contributed by atoms with Crippen molar-refractivity contribution in [2.75, 3.05) is 0 Å². The molecule has 2 aliphatic rings. The van der Waals surface area contributed by atoms with Gasteiger partial charge >= 0.3 is 5.97 Å². The molecule has 0 aromatic carbocycles. The standard InChI is InChI=1S/C20H34O4/c1-13(12-17(22)23)6-7-15-19(4)10-9-16(21)18(2,3)14(19)8-11-20(15,5)24/h12,14-16,21,24H,6-11H2,1-5H3,(H,22,23)/b13-12+/t14-,15+,16-,19+,20-/m0/s1. The molecule has 0 aliphatic heterocycles. The predicted octanol–water partition coefficient (Wildman–Crippen LogP) is 3.76. The van der Waals surface area contributed by atoms with E-state index in [0.29, 0.717) is 12.3 Å². The highest BCUT2D eigenvalue weighted by Crippen LogP contribution is 2.62. The van der Waals surface area contributed by atoms with Gasteiger partial charge in [-0.3, -0.25) is 0 Å². The summed E-state index contributed by atoms with van der Waals surface area (Å²) in [7, 11) is 0. The maximum absolute atomic E-state index is 11.1. The molecule has 0 spiro atoms. The number of carbonyl (C=O) groups is 1. The highest BCUT2D eigenvalue weighted by Gasteiger charge is 2.59. The lowest BCUT2D eigenvalue weighted by molar-refractivity contribution is -0.195. The zero-order chi connectivity index (χ0) is 18.3. The van der Waals surface area contributed by atoms with Gasteiger partial charge in [0.1, 0.15) is 0 Å². The number of carboxylic acids is 1. The van der Waals surface area contributed by atoms with Crippen molar-refractivity contribution >= 4 is 5.97 Å². The predicted molar refractivity (Wildman–Crippen MR) is 94.6 cm³/mol. The van der Waals surface area contributed by atoms with Crippen molar-refractivity contribution in [2.24, 2.45) is 22.7 Å². The van der Waals surface area contributed by atoms with Crippen molar-refractivity contribution in [1.82, 2.24) is 0 Å². The summed E-state index contributed by atoms with van der Waals surface area (Å²) in [5, 5.41) is 30.5. The smallest absolute Gasteiger partial charge is 0.328 e. The molecule has 5 atom stereocenters. The van der Waals surface area contributed by atoms with Crippen molar-refractivity contribution in [2.45, 2.75) is 84.8 Å².